The zero-order chi connectivity index (χ0) is 7.40. The van der Waals surface area contributed by atoms with Gasteiger partial charge in [0.05, 0.1) is 0 Å². The molecule has 0 fully saturated rings. The van der Waals surface area contributed by atoms with Crippen molar-refractivity contribution in [1.29, 1.82) is 0 Å². The Morgan fingerprint density at radius 3 is 2.60 bits per heavy atom. The highest BCUT2D eigenvalue weighted by Crippen LogP contribution is 2.05. The second-order valence-electron chi connectivity index (χ2n) is 2.16. The average molecular weight is 139 g/mol. The molecule has 0 aromatic heterocycles. The molecule has 10 heavy (non-hydrogen) atoms. The third-order valence-corrected chi connectivity index (χ3v) is 1.38. The van der Waals surface area contributed by atoms with Gasteiger partial charge in [-0.05, 0) is 11.1 Å². The minimum Gasteiger partial charge on any atom is -0.326 e. The maximum Gasteiger partial charge on any atom is 0.115 e. The standard InChI is InChI=1S/C8H10FN/c9-5-7-2-1-3-8(4-7)6-10/h1-4H,5-6,10H2. The van der Waals surface area contributed by atoms with E-state index in [1.807, 2.05) is 12.1 Å². The van der Waals surface area contributed by atoms with Crippen molar-refractivity contribution < 1.29 is 4.39 Å². The molecule has 0 saturated carbocycles. The van der Waals surface area contributed by atoms with E-state index in [0.29, 0.717) is 12.1 Å². The number of hydrogen-bond acceptors (Lipinski definition) is 1. The van der Waals surface area contributed by atoms with Crippen molar-refractivity contribution in [2.75, 3.05) is 0 Å². The molecule has 1 nitrogen and oxygen atoms in total. The van der Waals surface area contributed by atoms with Gasteiger partial charge in [-0.2, -0.15) is 0 Å². The smallest absolute Gasteiger partial charge is 0.115 e. The number of alkyl halides is 1. The van der Waals surface area contributed by atoms with Crippen LogP contribution in [0.2, 0.25) is 0 Å². The average Bonchev–Trinajstić information content (AvgIpc) is 2.05. The maximum atomic E-state index is 12.0. The van der Waals surface area contributed by atoms with Crippen LogP contribution in [0.25, 0.3) is 0 Å². The van der Waals surface area contributed by atoms with E-state index in [4.69, 9.17) is 5.73 Å². The minimum absolute atomic E-state index is 0.409. The Hall–Kier alpha value is -0.890. The van der Waals surface area contributed by atoms with Crippen LogP contribution < -0.4 is 5.73 Å². The van der Waals surface area contributed by atoms with E-state index in [1.54, 1.807) is 12.1 Å². The van der Waals surface area contributed by atoms with E-state index in [1.165, 1.54) is 0 Å². The Morgan fingerprint density at radius 1 is 1.30 bits per heavy atom. The fourth-order valence-corrected chi connectivity index (χ4v) is 0.840. The van der Waals surface area contributed by atoms with Crippen molar-refractivity contribution in [3.05, 3.63) is 35.4 Å². The third-order valence-electron chi connectivity index (χ3n) is 1.38. The number of rotatable bonds is 2. The summed E-state index contributed by atoms with van der Waals surface area (Å²) in [5.74, 6) is 0. The van der Waals surface area contributed by atoms with Crippen LogP contribution in [0.3, 0.4) is 0 Å². The summed E-state index contributed by atoms with van der Waals surface area (Å²) in [7, 11) is 0. The first-order valence-electron chi connectivity index (χ1n) is 3.20. The molecule has 2 N–H and O–H groups in total. The molecule has 0 bridgehead atoms. The van der Waals surface area contributed by atoms with Crippen LogP contribution in [-0.4, -0.2) is 0 Å². The predicted molar refractivity (Wildman–Crippen MR) is 39.1 cm³/mol. The molecule has 0 spiro atoms. The molecule has 0 heterocycles. The lowest BCUT2D eigenvalue weighted by Gasteiger charge is -1.97. The normalized spacial score (nSPS) is 9.80. The molecule has 1 aromatic carbocycles. The fourth-order valence-electron chi connectivity index (χ4n) is 0.840. The van der Waals surface area contributed by atoms with Crippen molar-refractivity contribution in [2.24, 2.45) is 5.73 Å². The largest absolute Gasteiger partial charge is 0.326 e. The van der Waals surface area contributed by atoms with Crippen LogP contribution in [0.1, 0.15) is 11.1 Å². The summed E-state index contributed by atoms with van der Waals surface area (Å²) in [4.78, 5) is 0. The molecular formula is C8H10FN. The second kappa shape index (κ2) is 3.32. The van der Waals surface area contributed by atoms with Crippen molar-refractivity contribution in [3.8, 4) is 0 Å². The highest BCUT2D eigenvalue weighted by molar-refractivity contribution is 5.22. The topological polar surface area (TPSA) is 26.0 Å². The van der Waals surface area contributed by atoms with Gasteiger partial charge < -0.3 is 5.73 Å². The van der Waals surface area contributed by atoms with Crippen molar-refractivity contribution in [1.82, 2.24) is 0 Å². The molecule has 2 heteroatoms. The number of benzene rings is 1. The summed E-state index contributed by atoms with van der Waals surface area (Å²) in [6.07, 6.45) is 0. The number of hydrogen-bond donors (Lipinski definition) is 1. The predicted octanol–water partition coefficient (Wildman–Crippen LogP) is 1.61. The maximum absolute atomic E-state index is 12.0. The van der Waals surface area contributed by atoms with Crippen LogP contribution in [-0.2, 0) is 13.2 Å². The molecule has 0 aliphatic carbocycles. The van der Waals surface area contributed by atoms with Crippen LogP contribution >= 0.6 is 0 Å². The first-order chi connectivity index (χ1) is 4.86. The first kappa shape index (κ1) is 7.22. The van der Waals surface area contributed by atoms with Crippen LogP contribution in [0.15, 0.2) is 24.3 Å². The Balaban J connectivity index is 2.87. The zero-order valence-corrected chi connectivity index (χ0v) is 5.68. The van der Waals surface area contributed by atoms with Gasteiger partial charge in [-0.3, -0.25) is 0 Å². The minimum atomic E-state index is -0.409. The lowest BCUT2D eigenvalue weighted by Crippen LogP contribution is -1.96. The zero-order valence-electron chi connectivity index (χ0n) is 5.68. The van der Waals surface area contributed by atoms with E-state index in [0.717, 1.165) is 5.56 Å². The molecule has 0 saturated heterocycles. The van der Waals surface area contributed by atoms with Gasteiger partial charge >= 0.3 is 0 Å². The van der Waals surface area contributed by atoms with Crippen LogP contribution in [0.5, 0.6) is 0 Å². The summed E-state index contributed by atoms with van der Waals surface area (Å²) < 4.78 is 12.0. The molecule has 0 aliphatic rings. The van der Waals surface area contributed by atoms with Gasteiger partial charge in [0.2, 0.25) is 0 Å². The Morgan fingerprint density at radius 2 is 2.00 bits per heavy atom. The highest BCUT2D eigenvalue weighted by atomic mass is 19.1. The highest BCUT2D eigenvalue weighted by Gasteiger charge is 1.91. The lowest BCUT2D eigenvalue weighted by atomic mass is 10.1. The molecular weight excluding hydrogens is 129 g/mol. The molecule has 0 amide bonds. The van der Waals surface area contributed by atoms with E-state index in [-0.39, 0.29) is 0 Å². The van der Waals surface area contributed by atoms with Gasteiger partial charge in [0.25, 0.3) is 0 Å². The number of nitrogens with two attached hydrogens (primary N) is 1. The second-order valence-corrected chi connectivity index (χ2v) is 2.16. The number of halogens is 1. The van der Waals surface area contributed by atoms with E-state index >= 15 is 0 Å². The van der Waals surface area contributed by atoms with Crippen LogP contribution in [0, 0.1) is 0 Å². The van der Waals surface area contributed by atoms with E-state index in [9.17, 15) is 4.39 Å². The summed E-state index contributed by atoms with van der Waals surface area (Å²) in [6, 6.07) is 7.23. The Bertz CT molecular complexity index is 191. The Kier molecular flexibility index (Phi) is 2.40. The quantitative estimate of drug-likeness (QED) is 0.662. The molecule has 0 aliphatic heterocycles. The first-order valence-corrected chi connectivity index (χ1v) is 3.20. The van der Waals surface area contributed by atoms with Gasteiger partial charge in [-0.25, -0.2) is 4.39 Å². The fraction of sp³-hybridized carbons (Fsp3) is 0.250. The van der Waals surface area contributed by atoms with Gasteiger partial charge in [-0.1, -0.05) is 24.3 Å². The third kappa shape index (κ3) is 1.54. The van der Waals surface area contributed by atoms with E-state index < -0.39 is 6.67 Å². The lowest BCUT2D eigenvalue weighted by molar-refractivity contribution is 0.485. The van der Waals surface area contributed by atoms with Gasteiger partial charge in [0.15, 0.2) is 0 Å². The summed E-state index contributed by atoms with van der Waals surface area (Å²) in [5, 5.41) is 0. The summed E-state index contributed by atoms with van der Waals surface area (Å²) in [5.41, 5.74) is 7.03. The Labute approximate surface area is 59.7 Å². The SMILES string of the molecule is NCc1cccc(CF)c1. The molecule has 0 atom stereocenters. The summed E-state index contributed by atoms with van der Waals surface area (Å²) in [6.45, 7) is 0.0711. The van der Waals surface area contributed by atoms with Gasteiger partial charge in [-0.15, -0.1) is 0 Å². The molecule has 54 valence electrons. The van der Waals surface area contributed by atoms with Crippen molar-refractivity contribution >= 4 is 0 Å². The molecule has 1 aromatic rings. The molecule has 1 rings (SSSR count). The van der Waals surface area contributed by atoms with Gasteiger partial charge in [0, 0.05) is 6.54 Å². The monoisotopic (exact) mass is 139 g/mol. The summed E-state index contributed by atoms with van der Waals surface area (Å²) >= 11 is 0. The van der Waals surface area contributed by atoms with Crippen molar-refractivity contribution in [3.63, 3.8) is 0 Å². The van der Waals surface area contributed by atoms with Crippen molar-refractivity contribution in [2.45, 2.75) is 13.2 Å². The van der Waals surface area contributed by atoms with Crippen LogP contribution in [0.4, 0.5) is 4.39 Å². The molecule has 0 radical (unpaired) electrons. The van der Waals surface area contributed by atoms with E-state index in [2.05, 4.69) is 0 Å². The molecule has 0 unspecified atom stereocenters. The van der Waals surface area contributed by atoms with Gasteiger partial charge in [0.1, 0.15) is 6.67 Å².